The van der Waals surface area contributed by atoms with Crippen molar-refractivity contribution >= 4 is 16.8 Å². The zero-order chi connectivity index (χ0) is 15.5. The van der Waals surface area contributed by atoms with Crippen LogP contribution in [0.3, 0.4) is 0 Å². The van der Waals surface area contributed by atoms with Crippen LogP contribution in [0.5, 0.6) is 0 Å². The molecular weight excluding hydrogens is 276 g/mol. The Hall–Kier alpha value is -1.94. The molecule has 0 radical (unpaired) electrons. The number of carbonyl (C=O) groups excluding carboxylic acids is 1. The summed E-state index contributed by atoms with van der Waals surface area (Å²) in [6.45, 7) is 5.80. The third-order valence-electron chi connectivity index (χ3n) is 4.28. The van der Waals surface area contributed by atoms with Crippen LogP contribution in [-0.2, 0) is 16.1 Å². The maximum atomic E-state index is 12.0. The molecule has 0 atom stereocenters. The third-order valence-corrected chi connectivity index (χ3v) is 4.28. The van der Waals surface area contributed by atoms with Gasteiger partial charge in [0.2, 0.25) is 5.91 Å². The van der Waals surface area contributed by atoms with Crippen LogP contribution in [-0.4, -0.2) is 35.0 Å². The first-order valence-corrected chi connectivity index (χ1v) is 7.85. The summed E-state index contributed by atoms with van der Waals surface area (Å²) in [4.78, 5) is 18.5. The average molecular weight is 298 g/mol. The van der Waals surface area contributed by atoms with Gasteiger partial charge in [0.05, 0.1) is 5.52 Å². The highest BCUT2D eigenvalue weighted by molar-refractivity contribution is 5.79. The molecule has 0 spiro atoms. The van der Waals surface area contributed by atoms with Gasteiger partial charge in [-0.25, -0.2) is 0 Å². The molecule has 0 unspecified atom stereocenters. The Morgan fingerprint density at radius 3 is 2.77 bits per heavy atom. The molecule has 1 aromatic carbocycles. The lowest BCUT2D eigenvalue weighted by atomic mass is 10.0. The zero-order valence-electron chi connectivity index (χ0n) is 13.2. The van der Waals surface area contributed by atoms with Gasteiger partial charge in [-0.3, -0.25) is 9.78 Å². The van der Waals surface area contributed by atoms with Crippen LogP contribution in [0.15, 0.2) is 30.3 Å². The van der Waals surface area contributed by atoms with Crippen molar-refractivity contribution < 1.29 is 9.53 Å². The molecule has 0 aliphatic carbocycles. The molecule has 4 heteroatoms. The molecule has 0 bridgehead atoms. The molecule has 4 nitrogen and oxygen atoms in total. The number of fused-ring (bicyclic) bond motifs is 1. The molecule has 1 aliphatic heterocycles. The summed E-state index contributed by atoms with van der Waals surface area (Å²) in [6.07, 6.45) is 1.85. The predicted molar refractivity (Wildman–Crippen MR) is 86.5 cm³/mol. The Bertz CT molecular complexity index is 678. The summed E-state index contributed by atoms with van der Waals surface area (Å²) in [5.41, 5.74) is 3.18. The van der Waals surface area contributed by atoms with E-state index >= 15 is 0 Å². The van der Waals surface area contributed by atoms with Gasteiger partial charge in [-0.2, -0.15) is 0 Å². The number of pyridine rings is 1. The van der Waals surface area contributed by atoms with E-state index in [1.54, 1.807) is 6.92 Å². The third kappa shape index (κ3) is 3.28. The summed E-state index contributed by atoms with van der Waals surface area (Å²) < 4.78 is 5.40. The molecule has 1 amide bonds. The lowest BCUT2D eigenvalue weighted by molar-refractivity contribution is -0.133. The van der Waals surface area contributed by atoms with Gasteiger partial charge < -0.3 is 9.64 Å². The van der Waals surface area contributed by atoms with Crippen LogP contribution in [0.25, 0.3) is 10.9 Å². The van der Waals surface area contributed by atoms with Crippen molar-refractivity contribution in [2.24, 2.45) is 0 Å². The number of hydrogen-bond acceptors (Lipinski definition) is 3. The minimum atomic E-state index is 0.133. The number of rotatable bonds is 3. The quantitative estimate of drug-likeness (QED) is 0.874. The van der Waals surface area contributed by atoms with E-state index in [1.807, 2.05) is 24.0 Å². The number of nitrogens with zero attached hydrogens (tertiary/aromatic N) is 2. The van der Waals surface area contributed by atoms with Crippen molar-refractivity contribution in [3.05, 3.63) is 41.6 Å². The minimum Gasteiger partial charge on any atom is -0.381 e. The highest BCUT2D eigenvalue weighted by atomic mass is 16.5. The summed E-state index contributed by atoms with van der Waals surface area (Å²) in [7, 11) is 0. The van der Waals surface area contributed by atoms with Crippen molar-refractivity contribution in [1.29, 1.82) is 0 Å². The first-order valence-electron chi connectivity index (χ1n) is 7.85. The number of aromatic nitrogens is 1. The second-order valence-electron chi connectivity index (χ2n) is 5.97. The second-order valence-corrected chi connectivity index (χ2v) is 5.97. The molecule has 1 aliphatic rings. The van der Waals surface area contributed by atoms with Crippen molar-refractivity contribution in [3.8, 4) is 0 Å². The van der Waals surface area contributed by atoms with E-state index in [0.717, 1.165) is 48.2 Å². The zero-order valence-corrected chi connectivity index (χ0v) is 13.2. The molecule has 1 saturated heterocycles. The molecule has 0 saturated carbocycles. The highest BCUT2D eigenvalue weighted by Crippen LogP contribution is 2.20. The van der Waals surface area contributed by atoms with E-state index in [2.05, 4.69) is 23.2 Å². The van der Waals surface area contributed by atoms with Gasteiger partial charge in [-0.1, -0.05) is 12.1 Å². The second kappa shape index (κ2) is 6.44. The van der Waals surface area contributed by atoms with Crippen molar-refractivity contribution in [2.75, 3.05) is 13.2 Å². The van der Waals surface area contributed by atoms with Crippen LogP contribution in [0, 0.1) is 6.92 Å². The van der Waals surface area contributed by atoms with Crippen molar-refractivity contribution in [2.45, 2.75) is 39.3 Å². The fourth-order valence-corrected chi connectivity index (χ4v) is 3.07. The van der Waals surface area contributed by atoms with Gasteiger partial charge >= 0.3 is 0 Å². The van der Waals surface area contributed by atoms with E-state index in [1.165, 1.54) is 0 Å². The number of benzene rings is 1. The lowest BCUT2D eigenvalue weighted by Crippen LogP contribution is -2.41. The van der Waals surface area contributed by atoms with Crippen LogP contribution >= 0.6 is 0 Å². The number of aryl methyl sites for hydroxylation is 1. The van der Waals surface area contributed by atoms with Crippen LogP contribution < -0.4 is 0 Å². The molecule has 22 heavy (non-hydrogen) atoms. The van der Waals surface area contributed by atoms with Crippen LogP contribution in [0.4, 0.5) is 0 Å². The smallest absolute Gasteiger partial charge is 0.219 e. The predicted octanol–water partition coefficient (Wildman–Crippen LogP) is 3.07. The molecule has 116 valence electrons. The SMILES string of the molecule is CC(=O)N(Cc1ccc2nc(C)ccc2c1)C1CCOCC1. The Kier molecular flexibility index (Phi) is 4.39. The molecule has 0 N–H and O–H groups in total. The van der Waals surface area contributed by atoms with E-state index in [4.69, 9.17) is 4.74 Å². The Balaban J connectivity index is 1.82. The van der Waals surface area contributed by atoms with Gasteiger partial charge in [0.15, 0.2) is 0 Å². The normalized spacial score (nSPS) is 15.9. The number of ether oxygens (including phenoxy) is 1. The lowest BCUT2D eigenvalue weighted by Gasteiger charge is -2.33. The summed E-state index contributed by atoms with van der Waals surface area (Å²) in [5, 5.41) is 1.12. The topological polar surface area (TPSA) is 42.4 Å². The summed E-state index contributed by atoms with van der Waals surface area (Å²) in [5.74, 6) is 0.133. The molecule has 2 aromatic rings. The minimum absolute atomic E-state index is 0.133. The van der Waals surface area contributed by atoms with E-state index in [9.17, 15) is 4.79 Å². The maximum absolute atomic E-state index is 12.0. The number of carbonyl (C=O) groups is 1. The maximum Gasteiger partial charge on any atom is 0.219 e. The monoisotopic (exact) mass is 298 g/mol. The van der Waals surface area contributed by atoms with Crippen LogP contribution in [0.2, 0.25) is 0 Å². The molecule has 3 rings (SSSR count). The van der Waals surface area contributed by atoms with E-state index in [0.29, 0.717) is 6.54 Å². The summed E-state index contributed by atoms with van der Waals surface area (Å²) >= 11 is 0. The molecule has 2 heterocycles. The Morgan fingerprint density at radius 2 is 2.05 bits per heavy atom. The molecule has 1 fully saturated rings. The van der Waals surface area contributed by atoms with Gasteiger partial charge in [0.25, 0.3) is 0 Å². The van der Waals surface area contributed by atoms with Gasteiger partial charge in [0, 0.05) is 43.8 Å². The van der Waals surface area contributed by atoms with Gasteiger partial charge in [-0.15, -0.1) is 0 Å². The number of amides is 1. The first-order chi connectivity index (χ1) is 10.6. The van der Waals surface area contributed by atoms with E-state index < -0.39 is 0 Å². The fourth-order valence-electron chi connectivity index (χ4n) is 3.07. The average Bonchev–Trinajstić information content (AvgIpc) is 2.53. The van der Waals surface area contributed by atoms with Crippen molar-refractivity contribution in [1.82, 2.24) is 9.88 Å². The van der Waals surface area contributed by atoms with Gasteiger partial charge in [0.1, 0.15) is 0 Å². The fraction of sp³-hybridized carbons (Fsp3) is 0.444. The van der Waals surface area contributed by atoms with Crippen molar-refractivity contribution in [3.63, 3.8) is 0 Å². The summed E-state index contributed by atoms with van der Waals surface area (Å²) in [6, 6.07) is 10.7. The largest absolute Gasteiger partial charge is 0.381 e. The Morgan fingerprint density at radius 1 is 1.27 bits per heavy atom. The number of hydrogen-bond donors (Lipinski definition) is 0. The highest BCUT2D eigenvalue weighted by Gasteiger charge is 2.23. The van der Waals surface area contributed by atoms with E-state index in [-0.39, 0.29) is 11.9 Å². The first kappa shape index (κ1) is 15.0. The standard InChI is InChI=1S/C18H22N2O2/c1-13-3-5-16-11-15(4-6-18(16)19-13)12-20(14(2)21)17-7-9-22-10-8-17/h3-6,11,17H,7-10,12H2,1-2H3. The molecular formula is C18H22N2O2. The van der Waals surface area contributed by atoms with Gasteiger partial charge in [-0.05, 0) is 43.5 Å². The Labute approximate surface area is 131 Å². The molecule has 1 aromatic heterocycles. The van der Waals surface area contributed by atoms with Crippen LogP contribution in [0.1, 0.15) is 31.0 Å².